The minimum absolute atomic E-state index is 0.0675. The lowest BCUT2D eigenvalue weighted by molar-refractivity contribution is -0.862. The topological polar surface area (TPSA) is 71.9 Å². The van der Waals surface area contributed by atoms with Crippen LogP contribution in [0.15, 0.2) is 54.6 Å². The summed E-state index contributed by atoms with van der Waals surface area (Å²) in [5.74, 6) is 0.436. The normalized spacial score (nSPS) is 12.7. The van der Waals surface area contributed by atoms with Gasteiger partial charge in [0.15, 0.2) is 13.1 Å². The molecule has 26 heavy (non-hydrogen) atoms. The number of hydrogen-bond acceptors (Lipinski definition) is 3. The van der Waals surface area contributed by atoms with Crippen LogP contribution in [-0.4, -0.2) is 39.1 Å². The summed E-state index contributed by atoms with van der Waals surface area (Å²) in [5.41, 5.74) is 1.72. The maximum absolute atomic E-state index is 12.2. The van der Waals surface area contributed by atoms with Gasteiger partial charge in [0, 0.05) is 11.8 Å². The summed E-state index contributed by atoms with van der Waals surface area (Å²) >= 11 is 0. The molecular weight excluding hydrogens is 330 g/mol. The molecular formula is C20H26N3O3+. The van der Waals surface area contributed by atoms with Crippen LogP contribution in [0.5, 0.6) is 5.75 Å². The minimum atomic E-state index is -0.153. The van der Waals surface area contributed by atoms with E-state index in [0.29, 0.717) is 11.4 Å². The van der Waals surface area contributed by atoms with Crippen LogP contribution in [-0.2, 0) is 9.59 Å². The van der Waals surface area contributed by atoms with Crippen molar-refractivity contribution in [3.05, 3.63) is 60.2 Å². The number of benzene rings is 2. The van der Waals surface area contributed by atoms with Gasteiger partial charge in [0.1, 0.15) is 5.75 Å². The number of likely N-dealkylation sites (N-methyl/N-ethyl adjacent to an activating group) is 1. The largest absolute Gasteiger partial charge is 0.497 e. The van der Waals surface area contributed by atoms with Crippen LogP contribution in [0, 0.1) is 0 Å². The third-order valence-corrected chi connectivity index (χ3v) is 3.96. The van der Waals surface area contributed by atoms with Crippen LogP contribution in [0.1, 0.15) is 18.5 Å². The number of hydrogen-bond donors (Lipinski definition) is 3. The molecule has 3 N–H and O–H groups in total. The van der Waals surface area contributed by atoms with E-state index in [1.165, 1.54) is 0 Å². The van der Waals surface area contributed by atoms with Gasteiger partial charge in [-0.05, 0) is 24.6 Å². The zero-order chi connectivity index (χ0) is 18.9. The Hall–Kier alpha value is -2.86. The molecule has 0 heterocycles. The lowest BCUT2D eigenvalue weighted by atomic mass is 10.1. The van der Waals surface area contributed by atoms with Crippen molar-refractivity contribution >= 4 is 17.5 Å². The lowest BCUT2D eigenvalue weighted by Gasteiger charge is -2.17. The maximum Gasteiger partial charge on any atom is 0.279 e. The Morgan fingerprint density at radius 2 is 1.73 bits per heavy atom. The van der Waals surface area contributed by atoms with Crippen molar-refractivity contribution in [3.8, 4) is 5.75 Å². The quantitative estimate of drug-likeness (QED) is 0.661. The van der Waals surface area contributed by atoms with Gasteiger partial charge in [-0.2, -0.15) is 0 Å². The molecule has 2 atom stereocenters. The third kappa shape index (κ3) is 6.22. The number of carbonyl (C=O) groups excluding carboxylic acids is 2. The highest BCUT2D eigenvalue weighted by molar-refractivity contribution is 5.91. The molecule has 0 spiro atoms. The second kappa shape index (κ2) is 9.58. The van der Waals surface area contributed by atoms with Crippen molar-refractivity contribution in [2.45, 2.75) is 13.0 Å². The summed E-state index contributed by atoms with van der Waals surface area (Å²) < 4.78 is 5.13. The van der Waals surface area contributed by atoms with Crippen molar-refractivity contribution in [1.82, 2.24) is 5.32 Å². The van der Waals surface area contributed by atoms with Crippen LogP contribution in [0.4, 0.5) is 5.69 Å². The van der Waals surface area contributed by atoms with Crippen molar-refractivity contribution in [1.29, 1.82) is 0 Å². The molecule has 2 aromatic rings. The number of anilines is 1. The number of carbonyl (C=O) groups is 2. The van der Waals surface area contributed by atoms with E-state index in [1.54, 1.807) is 19.2 Å². The molecule has 0 aliphatic rings. The Kier molecular flexibility index (Phi) is 7.17. The van der Waals surface area contributed by atoms with E-state index in [-0.39, 0.29) is 30.9 Å². The number of rotatable bonds is 8. The summed E-state index contributed by atoms with van der Waals surface area (Å²) in [4.78, 5) is 25.1. The van der Waals surface area contributed by atoms with Gasteiger partial charge in [-0.3, -0.25) is 9.59 Å². The van der Waals surface area contributed by atoms with Gasteiger partial charge in [-0.1, -0.05) is 36.4 Å². The monoisotopic (exact) mass is 356 g/mol. The molecule has 0 bridgehead atoms. The zero-order valence-corrected chi connectivity index (χ0v) is 15.4. The van der Waals surface area contributed by atoms with E-state index >= 15 is 0 Å². The summed E-state index contributed by atoms with van der Waals surface area (Å²) in [6, 6.07) is 16.9. The second-order valence-electron chi connectivity index (χ2n) is 6.29. The zero-order valence-electron chi connectivity index (χ0n) is 15.4. The van der Waals surface area contributed by atoms with E-state index in [9.17, 15) is 9.59 Å². The predicted octanol–water partition coefficient (Wildman–Crippen LogP) is 1.03. The van der Waals surface area contributed by atoms with Crippen molar-refractivity contribution in [2.75, 3.05) is 32.6 Å². The highest BCUT2D eigenvalue weighted by atomic mass is 16.5. The molecule has 0 radical (unpaired) electrons. The molecule has 2 amide bonds. The van der Waals surface area contributed by atoms with E-state index in [4.69, 9.17) is 4.74 Å². The molecule has 1 unspecified atom stereocenters. The second-order valence-corrected chi connectivity index (χ2v) is 6.29. The molecule has 0 fully saturated rings. The highest BCUT2D eigenvalue weighted by Crippen LogP contribution is 2.16. The van der Waals surface area contributed by atoms with Gasteiger partial charge in [0.25, 0.3) is 11.8 Å². The van der Waals surface area contributed by atoms with E-state index < -0.39 is 0 Å². The fourth-order valence-corrected chi connectivity index (χ4v) is 2.63. The van der Waals surface area contributed by atoms with Crippen LogP contribution >= 0.6 is 0 Å². The first kappa shape index (κ1) is 19.5. The molecule has 0 aliphatic heterocycles. The first-order valence-corrected chi connectivity index (χ1v) is 8.57. The molecule has 2 aromatic carbocycles. The fraction of sp³-hybridized carbons (Fsp3) is 0.300. The van der Waals surface area contributed by atoms with Gasteiger partial charge in [-0.15, -0.1) is 0 Å². The molecule has 0 aliphatic carbocycles. The van der Waals surface area contributed by atoms with Crippen LogP contribution in [0.25, 0.3) is 0 Å². The molecule has 0 saturated carbocycles. The Morgan fingerprint density at radius 3 is 2.42 bits per heavy atom. The van der Waals surface area contributed by atoms with Gasteiger partial charge in [0.2, 0.25) is 0 Å². The summed E-state index contributed by atoms with van der Waals surface area (Å²) in [5, 5.41) is 5.77. The van der Waals surface area contributed by atoms with Gasteiger partial charge in [0.05, 0.1) is 20.2 Å². The number of methoxy groups -OCH3 is 1. The van der Waals surface area contributed by atoms with E-state index in [0.717, 1.165) is 10.5 Å². The van der Waals surface area contributed by atoms with Crippen molar-refractivity contribution in [3.63, 3.8) is 0 Å². The number of nitrogens with one attached hydrogen (secondary N) is 3. The first-order chi connectivity index (χ1) is 12.5. The Morgan fingerprint density at radius 1 is 1.04 bits per heavy atom. The first-order valence-electron chi connectivity index (χ1n) is 8.57. The SMILES string of the molecule is COc1cccc(NC(=O)C[NH+](C)CC(=O)N[C@@H](C)c2ccccc2)c1. The Labute approximate surface area is 154 Å². The van der Waals surface area contributed by atoms with Crippen molar-refractivity contribution < 1.29 is 19.2 Å². The Balaban J connectivity index is 1.78. The van der Waals surface area contributed by atoms with Crippen LogP contribution in [0.3, 0.4) is 0 Å². The predicted molar refractivity (Wildman–Crippen MR) is 101 cm³/mol. The van der Waals surface area contributed by atoms with E-state index in [2.05, 4.69) is 10.6 Å². The number of quaternary nitrogens is 1. The number of ether oxygens (including phenoxy) is 1. The third-order valence-electron chi connectivity index (χ3n) is 3.96. The maximum atomic E-state index is 12.2. The molecule has 138 valence electrons. The lowest BCUT2D eigenvalue weighted by Crippen LogP contribution is -3.11. The van der Waals surface area contributed by atoms with Crippen LogP contribution in [0.2, 0.25) is 0 Å². The van der Waals surface area contributed by atoms with Gasteiger partial charge in [-0.25, -0.2) is 0 Å². The molecule has 6 heteroatoms. The summed E-state index contributed by atoms with van der Waals surface area (Å²) in [7, 11) is 3.39. The number of amides is 2. The average molecular weight is 356 g/mol. The van der Waals surface area contributed by atoms with E-state index in [1.807, 2.05) is 56.4 Å². The summed E-state index contributed by atoms with van der Waals surface area (Å²) in [6.07, 6.45) is 0. The van der Waals surface area contributed by atoms with Crippen molar-refractivity contribution in [2.24, 2.45) is 0 Å². The summed E-state index contributed by atoms with van der Waals surface area (Å²) in [6.45, 7) is 2.37. The Bertz CT molecular complexity index is 734. The highest BCUT2D eigenvalue weighted by Gasteiger charge is 2.16. The molecule has 2 rings (SSSR count). The molecule has 0 saturated heterocycles. The van der Waals surface area contributed by atoms with Crippen LogP contribution < -0.4 is 20.3 Å². The minimum Gasteiger partial charge on any atom is -0.497 e. The average Bonchev–Trinajstić information content (AvgIpc) is 2.62. The standard InChI is InChI=1S/C20H25N3O3/c1-15(16-8-5-4-6-9-16)21-19(24)13-23(2)14-20(25)22-17-10-7-11-18(12-17)26-3/h4-12,15H,13-14H2,1-3H3,(H,21,24)(H,22,25)/p+1/t15-/m0/s1. The van der Waals surface area contributed by atoms with Gasteiger partial charge < -0.3 is 20.3 Å². The smallest absolute Gasteiger partial charge is 0.279 e. The fourth-order valence-electron chi connectivity index (χ4n) is 2.63. The molecule has 6 nitrogen and oxygen atoms in total. The van der Waals surface area contributed by atoms with Gasteiger partial charge >= 0.3 is 0 Å². The molecule has 0 aromatic heterocycles.